The maximum Gasteiger partial charge on any atom is 0.162 e. The molecule has 0 saturated heterocycles. The molecule has 0 bridgehead atoms. The van der Waals surface area contributed by atoms with Crippen molar-refractivity contribution in [1.29, 1.82) is 0 Å². The second-order valence-corrected chi connectivity index (χ2v) is 5.14. The van der Waals surface area contributed by atoms with Crippen LogP contribution in [0.2, 0.25) is 10.3 Å². The van der Waals surface area contributed by atoms with E-state index in [0.717, 1.165) is 23.3 Å². The molecule has 0 saturated carbocycles. The van der Waals surface area contributed by atoms with Crippen LogP contribution in [-0.4, -0.2) is 14.6 Å². The summed E-state index contributed by atoms with van der Waals surface area (Å²) in [5.41, 5.74) is 3.90. The summed E-state index contributed by atoms with van der Waals surface area (Å²) >= 11 is 12.1. The van der Waals surface area contributed by atoms with Crippen LogP contribution in [0.5, 0.6) is 0 Å². The van der Waals surface area contributed by atoms with Crippen LogP contribution in [0.1, 0.15) is 16.8 Å². The molecule has 0 radical (unpaired) electrons. The zero-order valence-corrected chi connectivity index (χ0v) is 11.8. The van der Waals surface area contributed by atoms with E-state index in [0.29, 0.717) is 10.3 Å². The Hall–Kier alpha value is -1.58. The summed E-state index contributed by atoms with van der Waals surface area (Å²) in [6, 6.07) is 11.8. The number of rotatable bonds is 2. The predicted molar refractivity (Wildman–Crippen MR) is 77.0 cm³/mol. The molecular weight excluding hydrogens is 281 g/mol. The molecular formula is C14H11Cl2N3. The molecule has 0 aliphatic carbocycles. The number of halogens is 2. The molecule has 0 N–H and O–H groups in total. The first-order chi connectivity index (χ1) is 9.15. The van der Waals surface area contributed by atoms with Crippen molar-refractivity contribution in [2.24, 2.45) is 0 Å². The number of fused-ring (bicyclic) bond motifs is 1. The van der Waals surface area contributed by atoms with Crippen LogP contribution in [0.25, 0.3) is 5.65 Å². The lowest BCUT2D eigenvalue weighted by Gasteiger charge is -2.02. The Morgan fingerprint density at radius 1 is 1.16 bits per heavy atom. The van der Waals surface area contributed by atoms with Crippen molar-refractivity contribution in [3.63, 3.8) is 0 Å². The van der Waals surface area contributed by atoms with Crippen LogP contribution in [-0.2, 0) is 6.42 Å². The summed E-state index contributed by atoms with van der Waals surface area (Å²) in [6.45, 7) is 1.96. The number of hydrogen-bond donors (Lipinski definition) is 0. The first kappa shape index (κ1) is 12.5. The third-order valence-electron chi connectivity index (χ3n) is 3.03. The monoisotopic (exact) mass is 291 g/mol. The first-order valence-electron chi connectivity index (χ1n) is 5.89. The van der Waals surface area contributed by atoms with Crippen molar-refractivity contribution < 1.29 is 0 Å². The quantitative estimate of drug-likeness (QED) is 0.670. The summed E-state index contributed by atoms with van der Waals surface area (Å²) in [5, 5.41) is 5.26. The third-order valence-corrected chi connectivity index (χ3v) is 3.50. The van der Waals surface area contributed by atoms with Gasteiger partial charge in [0.1, 0.15) is 10.3 Å². The van der Waals surface area contributed by atoms with Crippen molar-refractivity contribution in [3.05, 3.63) is 63.5 Å². The molecule has 0 fully saturated rings. The zero-order chi connectivity index (χ0) is 13.4. The lowest BCUT2D eigenvalue weighted by atomic mass is 10.1. The number of aromatic nitrogens is 3. The van der Waals surface area contributed by atoms with Crippen molar-refractivity contribution in [2.45, 2.75) is 13.3 Å². The van der Waals surface area contributed by atoms with E-state index in [4.69, 9.17) is 23.2 Å². The van der Waals surface area contributed by atoms with Crippen LogP contribution >= 0.6 is 23.2 Å². The maximum atomic E-state index is 6.13. The van der Waals surface area contributed by atoms with Gasteiger partial charge in [0.15, 0.2) is 5.65 Å². The molecule has 96 valence electrons. The topological polar surface area (TPSA) is 30.2 Å². The Morgan fingerprint density at radius 3 is 2.63 bits per heavy atom. The van der Waals surface area contributed by atoms with Gasteiger partial charge >= 0.3 is 0 Å². The molecule has 0 aliphatic rings. The molecule has 0 atom stereocenters. The van der Waals surface area contributed by atoms with E-state index in [1.807, 2.05) is 25.1 Å². The van der Waals surface area contributed by atoms with Gasteiger partial charge in [-0.1, -0.05) is 53.5 Å². The van der Waals surface area contributed by atoms with Crippen molar-refractivity contribution in [1.82, 2.24) is 14.6 Å². The Kier molecular flexibility index (Phi) is 3.17. The van der Waals surface area contributed by atoms with E-state index >= 15 is 0 Å². The SMILES string of the molecule is Cc1nn2c(Cl)cc(Cl)nc2c1Cc1ccccc1. The fourth-order valence-electron chi connectivity index (χ4n) is 2.11. The van der Waals surface area contributed by atoms with E-state index in [1.165, 1.54) is 5.56 Å². The fourth-order valence-corrected chi connectivity index (χ4v) is 2.57. The van der Waals surface area contributed by atoms with Gasteiger partial charge in [0.05, 0.1) is 5.69 Å². The Balaban J connectivity index is 2.15. The highest BCUT2D eigenvalue weighted by Gasteiger charge is 2.14. The average Bonchev–Trinajstić information content (AvgIpc) is 2.69. The van der Waals surface area contributed by atoms with Crippen LogP contribution in [0.4, 0.5) is 0 Å². The van der Waals surface area contributed by atoms with Gasteiger partial charge in [0.2, 0.25) is 0 Å². The molecule has 0 unspecified atom stereocenters. The second kappa shape index (κ2) is 4.83. The Morgan fingerprint density at radius 2 is 1.89 bits per heavy atom. The number of benzene rings is 1. The van der Waals surface area contributed by atoms with Gasteiger partial charge in [-0.15, -0.1) is 0 Å². The van der Waals surface area contributed by atoms with E-state index in [1.54, 1.807) is 10.6 Å². The minimum atomic E-state index is 0.381. The molecule has 5 heteroatoms. The van der Waals surface area contributed by atoms with Gasteiger partial charge in [0.25, 0.3) is 0 Å². The molecule has 19 heavy (non-hydrogen) atoms. The maximum absolute atomic E-state index is 6.13. The molecule has 3 rings (SSSR count). The normalized spacial score (nSPS) is 11.1. The zero-order valence-electron chi connectivity index (χ0n) is 10.3. The summed E-state index contributed by atoms with van der Waals surface area (Å²) in [5.74, 6) is 0. The lowest BCUT2D eigenvalue weighted by Crippen LogP contribution is -1.94. The molecule has 0 aliphatic heterocycles. The Bertz CT molecular complexity index is 735. The van der Waals surface area contributed by atoms with Gasteiger partial charge in [-0.3, -0.25) is 0 Å². The van der Waals surface area contributed by atoms with Crippen molar-refractivity contribution in [3.8, 4) is 0 Å². The smallest absolute Gasteiger partial charge is 0.162 e. The molecule has 0 spiro atoms. The summed E-state index contributed by atoms with van der Waals surface area (Å²) in [7, 11) is 0. The van der Waals surface area contributed by atoms with E-state index in [-0.39, 0.29) is 0 Å². The highest BCUT2D eigenvalue weighted by Crippen LogP contribution is 2.23. The third kappa shape index (κ3) is 2.31. The highest BCUT2D eigenvalue weighted by atomic mass is 35.5. The minimum absolute atomic E-state index is 0.381. The second-order valence-electron chi connectivity index (χ2n) is 4.36. The standard InChI is InChI=1S/C14H11Cl2N3/c1-9-11(7-10-5-3-2-4-6-10)14-17-12(15)8-13(16)19(14)18-9/h2-6,8H,7H2,1H3. The highest BCUT2D eigenvalue weighted by molar-refractivity contribution is 6.33. The largest absolute Gasteiger partial charge is 0.216 e. The van der Waals surface area contributed by atoms with Gasteiger partial charge < -0.3 is 0 Å². The molecule has 3 nitrogen and oxygen atoms in total. The van der Waals surface area contributed by atoms with Gasteiger partial charge in [-0.25, -0.2) is 9.50 Å². The molecule has 2 heterocycles. The number of aryl methyl sites for hydroxylation is 1. The van der Waals surface area contributed by atoms with Crippen LogP contribution in [0.3, 0.4) is 0 Å². The van der Waals surface area contributed by atoms with Gasteiger partial charge in [-0.05, 0) is 12.5 Å². The predicted octanol–water partition coefficient (Wildman–Crippen LogP) is 3.94. The fraction of sp³-hybridized carbons (Fsp3) is 0.143. The van der Waals surface area contributed by atoms with Crippen LogP contribution < -0.4 is 0 Å². The molecule has 3 aromatic rings. The lowest BCUT2D eigenvalue weighted by molar-refractivity contribution is 0.917. The van der Waals surface area contributed by atoms with Crippen molar-refractivity contribution in [2.75, 3.05) is 0 Å². The average molecular weight is 292 g/mol. The van der Waals surface area contributed by atoms with E-state index in [2.05, 4.69) is 22.2 Å². The molecule has 1 aromatic carbocycles. The molecule has 0 amide bonds. The van der Waals surface area contributed by atoms with Crippen LogP contribution in [0, 0.1) is 6.92 Å². The summed E-state index contributed by atoms with van der Waals surface area (Å²) in [6.07, 6.45) is 0.764. The first-order valence-corrected chi connectivity index (χ1v) is 6.65. The van der Waals surface area contributed by atoms with E-state index < -0.39 is 0 Å². The Labute approximate surface area is 120 Å². The number of nitrogens with zero attached hydrogens (tertiary/aromatic N) is 3. The molecule has 2 aromatic heterocycles. The summed E-state index contributed by atoms with van der Waals surface area (Å²) < 4.78 is 1.63. The minimum Gasteiger partial charge on any atom is -0.216 e. The number of hydrogen-bond acceptors (Lipinski definition) is 2. The van der Waals surface area contributed by atoms with Crippen LogP contribution in [0.15, 0.2) is 36.4 Å². The van der Waals surface area contributed by atoms with Gasteiger partial charge in [0, 0.05) is 18.1 Å². The van der Waals surface area contributed by atoms with Gasteiger partial charge in [-0.2, -0.15) is 5.10 Å². The van der Waals surface area contributed by atoms with Crippen molar-refractivity contribution >= 4 is 28.8 Å². The summed E-state index contributed by atoms with van der Waals surface area (Å²) in [4.78, 5) is 4.33. The van der Waals surface area contributed by atoms with E-state index in [9.17, 15) is 0 Å².